The number of carbonyl (C=O) groups excluding carboxylic acids is 1. The largest absolute Gasteiger partial charge is 0.289 e. The van der Waals surface area contributed by atoms with Gasteiger partial charge in [0.25, 0.3) is 0 Å². The van der Waals surface area contributed by atoms with E-state index in [4.69, 9.17) is 6.42 Å². The average Bonchev–Trinajstić information content (AvgIpc) is 2.85. The molecule has 0 fully saturated rings. The Morgan fingerprint density at radius 3 is 2.29 bits per heavy atom. The van der Waals surface area contributed by atoms with Crippen LogP contribution in [0.2, 0.25) is 0 Å². The topological polar surface area (TPSA) is 17.1 Å². The fourth-order valence-electron chi connectivity index (χ4n) is 3.51. The van der Waals surface area contributed by atoms with Crippen molar-refractivity contribution >= 4 is 16.6 Å². The molecule has 1 aliphatic carbocycles. The Hall–Kier alpha value is -2.85. The summed E-state index contributed by atoms with van der Waals surface area (Å²) in [7, 11) is 0. The van der Waals surface area contributed by atoms with Gasteiger partial charge in [0.15, 0.2) is 5.78 Å². The molecule has 3 aromatic rings. The highest BCUT2D eigenvalue weighted by molar-refractivity contribution is 6.25. The van der Waals surface area contributed by atoms with Crippen LogP contribution in [0.25, 0.3) is 21.9 Å². The molecule has 0 bridgehead atoms. The average molecular weight is 310 g/mol. The number of hydrogen-bond donors (Lipinski definition) is 0. The van der Waals surface area contributed by atoms with Crippen molar-refractivity contribution in [3.63, 3.8) is 0 Å². The van der Waals surface area contributed by atoms with E-state index in [9.17, 15) is 4.79 Å². The molecule has 0 heterocycles. The molecule has 0 N–H and O–H groups in total. The lowest BCUT2D eigenvalue weighted by molar-refractivity contribution is 0.104. The van der Waals surface area contributed by atoms with Crippen LogP contribution in [0.15, 0.2) is 48.5 Å². The summed E-state index contributed by atoms with van der Waals surface area (Å²) in [5, 5.41) is 2.07. The lowest BCUT2D eigenvalue weighted by Crippen LogP contribution is -2.11. The second-order valence-electron chi connectivity index (χ2n) is 7.38. The monoisotopic (exact) mass is 310 g/mol. The van der Waals surface area contributed by atoms with Gasteiger partial charge < -0.3 is 0 Å². The summed E-state index contributed by atoms with van der Waals surface area (Å²) in [5.74, 6) is 2.83. The number of benzene rings is 3. The minimum atomic E-state index is 0.0338. The normalized spacial score (nSPS) is 12.8. The van der Waals surface area contributed by atoms with Gasteiger partial charge in [-0.25, -0.2) is 0 Å². The maximum Gasteiger partial charge on any atom is 0.195 e. The fraction of sp³-hybridized carbons (Fsp3) is 0.174. The van der Waals surface area contributed by atoms with E-state index in [-0.39, 0.29) is 11.2 Å². The fourth-order valence-corrected chi connectivity index (χ4v) is 3.51. The zero-order chi connectivity index (χ0) is 17.1. The van der Waals surface area contributed by atoms with Gasteiger partial charge in [0.2, 0.25) is 0 Å². The van der Waals surface area contributed by atoms with Crippen LogP contribution < -0.4 is 0 Å². The van der Waals surface area contributed by atoms with Crippen LogP contribution in [-0.2, 0) is 5.41 Å². The first-order valence-electron chi connectivity index (χ1n) is 8.14. The molecule has 0 spiro atoms. The standard InChI is InChI=1S/C23H18O/c1-5-16-19-13-15(23(2,3)4)11-10-14(19)12-20-17-8-6-7-9-18(17)22(24)21(16)20/h1,6-13H,2-4H3. The van der Waals surface area contributed by atoms with Crippen LogP contribution in [-0.4, -0.2) is 5.78 Å². The van der Waals surface area contributed by atoms with Crippen LogP contribution in [0.1, 0.15) is 47.8 Å². The van der Waals surface area contributed by atoms with E-state index in [1.54, 1.807) is 0 Å². The molecule has 0 radical (unpaired) electrons. The quantitative estimate of drug-likeness (QED) is 0.401. The molecule has 1 aliphatic rings. The molecular formula is C23H18O. The Balaban J connectivity index is 2.11. The first kappa shape index (κ1) is 14.7. The summed E-state index contributed by atoms with van der Waals surface area (Å²) in [6.45, 7) is 6.54. The Labute approximate surface area is 142 Å². The second-order valence-corrected chi connectivity index (χ2v) is 7.38. The molecule has 1 nitrogen and oxygen atoms in total. The summed E-state index contributed by atoms with van der Waals surface area (Å²) in [6.07, 6.45) is 5.84. The summed E-state index contributed by atoms with van der Waals surface area (Å²) in [5.41, 5.74) is 5.33. The van der Waals surface area contributed by atoms with E-state index in [2.05, 4.69) is 51.0 Å². The Morgan fingerprint density at radius 2 is 1.62 bits per heavy atom. The van der Waals surface area contributed by atoms with Crippen LogP contribution in [0.3, 0.4) is 0 Å². The van der Waals surface area contributed by atoms with Gasteiger partial charge in [0.1, 0.15) is 0 Å². The van der Waals surface area contributed by atoms with E-state index in [1.807, 2.05) is 24.3 Å². The number of hydrogen-bond acceptors (Lipinski definition) is 1. The summed E-state index contributed by atoms with van der Waals surface area (Å²) in [4.78, 5) is 12.9. The summed E-state index contributed by atoms with van der Waals surface area (Å²) >= 11 is 0. The van der Waals surface area contributed by atoms with Gasteiger partial charge in [-0.1, -0.05) is 63.1 Å². The molecule has 3 aromatic carbocycles. The summed E-state index contributed by atoms with van der Waals surface area (Å²) < 4.78 is 0. The third-order valence-corrected chi connectivity index (χ3v) is 4.84. The van der Waals surface area contributed by atoms with E-state index in [0.29, 0.717) is 5.56 Å². The van der Waals surface area contributed by atoms with Gasteiger partial charge in [-0.2, -0.15) is 0 Å². The smallest absolute Gasteiger partial charge is 0.195 e. The zero-order valence-corrected chi connectivity index (χ0v) is 14.1. The number of terminal acetylenes is 1. The van der Waals surface area contributed by atoms with Crippen molar-refractivity contribution in [2.45, 2.75) is 26.2 Å². The van der Waals surface area contributed by atoms with E-state index < -0.39 is 0 Å². The first-order valence-corrected chi connectivity index (χ1v) is 8.14. The first-order chi connectivity index (χ1) is 11.4. The third kappa shape index (κ3) is 1.93. The highest BCUT2D eigenvalue weighted by Gasteiger charge is 2.30. The number of fused-ring (bicyclic) bond motifs is 4. The van der Waals surface area contributed by atoms with Crippen molar-refractivity contribution < 1.29 is 4.79 Å². The van der Waals surface area contributed by atoms with Crippen molar-refractivity contribution in [1.29, 1.82) is 0 Å². The van der Waals surface area contributed by atoms with E-state index >= 15 is 0 Å². The molecule has 116 valence electrons. The SMILES string of the molecule is C#Cc1c2c(cc3ccc(C(C)(C)C)cc13)-c1ccccc1C2=O. The van der Waals surface area contributed by atoms with Crippen molar-refractivity contribution in [1.82, 2.24) is 0 Å². The molecule has 24 heavy (non-hydrogen) atoms. The predicted octanol–water partition coefficient (Wildman–Crippen LogP) is 5.33. The molecule has 0 aromatic heterocycles. The van der Waals surface area contributed by atoms with Gasteiger partial charge >= 0.3 is 0 Å². The lowest BCUT2D eigenvalue weighted by Gasteiger charge is -2.20. The molecule has 0 saturated carbocycles. The Morgan fingerprint density at radius 1 is 0.917 bits per heavy atom. The predicted molar refractivity (Wildman–Crippen MR) is 99.5 cm³/mol. The highest BCUT2D eigenvalue weighted by Crippen LogP contribution is 2.42. The lowest BCUT2D eigenvalue weighted by atomic mass is 9.84. The number of carbonyl (C=O) groups is 1. The maximum atomic E-state index is 12.9. The molecule has 0 aliphatic heterocycles. The van der Waals surface area contributed by atoms with Crippen LogP contribution in [0, 0.1) is 12.3 Å². The second kappa shape index (κ2) is 4.82. The Bertz CT molecular complexity index is 1060. The van der Waals surface area contributed by atoms with Crippen molar-refractivity contribution in [3.05, 3.63) is 70.8 Å². The highest BCUT2D eigenvalue weighted by atomic mass is 16.1. The number of rotatable bonds is 0. The summed E-state index contributed by atoms with van der Waals surface area (Å²) in [6, 6.07) is 16.2. The molecule has 0 saturated heterocycles. The molecule has 4 rings (SSSR count). The van der Waals surface area contributed by atoms with Gasteiger partial charge in [0.05, 0.1) is 0 Å². The molecule has 0 unspecified atom stereocenters. The van der Waals surface area contributed by atoms with E-state index in [0.717, 1.165) is 33.0 Å². The van der Waals surface area contributed by atoms with Crippen molar-refractivity contribution in [3.8, 4) is 23.5 Å². The minimum Gasteiger partial charge on any atom is -0.289 e. The van der Waals surface area contributed by atoms with Crippen molar-refractivity contribution in [2.75, 3.05) is 0 Å². The van der Waals surface area contributed by atoms with Crippen LogP contribution >= 0.6 is 0 Å². The van der Waals surface area contributed by atoms with Gasteiger partial charge in [-0.3, -0.25) is 4.79 Å². The minimum absolute atomic E-state index is 0.0338. The zero-order valence-electron chi connectivity index (χ0n) is 14.1. The maximum absolute atomic E-state index is 12.9. The third-order valence-electron chi connectivity index (χ3n) is 4.84. The number of ketones is 1. The van der Waals surface area contributed by atoms with Gasteiger partial charge in [0, 0.05) is 16.7 Å². The molecule has 1 heteroatoms. The Kier molecular flexibility index (Phi) is 2.96. The molecular weight excluding hydrogens is 292 g/mol. The van der Waals surface area contributed by atoms with Gasteiger partial charge in [-0.15, -0.1) is 6.42 Å². The van der Waals surface area contributed by atoms with Crippen molar-refractivity contribution in [2.24, 2.45) is 0 Å². The molecule has 0 atom stereocenters. The molecule has 0 amide bonds. The van der Waals surface area contributed by atoms with E-state index in [1.165, 1.54) is 5.56 Å². The van der Waals surface area contributed by atoms with Crippen LogP contribution in [0.5, 0.6) is 0 Å². The van der Waals surface area contributed by atoms with Crippen LogP contribution in [0.4, 0.5) is 0 Å². The van der Waals surface area contributed by atoms with Gasteiger partial charge in [-0.05, 0) is 45.0 Å².